The SMILES string of the molecule is Cc1cccn2c(CC(=O)N3CCOC[C@@H](CN(C)C)C3)cnc12. The van der Waals surface area contributed by atoms with E-state index in [1.54, 1.807) is 0 Å². The minimum Gasteiger partial charge on any atom is -0.379 e. The van der Waals surface area contributed by atoms with Gasteiger partial charge in [0, 0.05) is 37.9 Å². The van der Waals surface area contributed by atoms with Gasteiger partial charge in [-0.25, -0.2) is 4.98 Å². The molecule has 6 heteroatoms. The molecule has 3 rings (SSSR count). The summed E-state index contributed by atoms with van der Waals surface area (Å²) in [6, 6.07) is 4.02. The van der Waals surface area contributed by atoms with Gasteiger partial charge in [0.25, 0.3) is 0 Å². The van der Waals surface area contributed by atoms with Crippen molar-refractivity contribution in [1.82, 2.24) is 19.2 Å². The number of rotatable bonds is 4. The summed E-state index contributed by atoms with van der Waals surface area (Å²) in [5, 5.41) is 0. The molecule has 2 aromatic rings. The Labute approximate surface area is 143 Å². The van der Waals surface area contributed by atoms with Gasteiger partial charge in [-0.05, 0) is 32.6 Å². The highest BCUT2D eigenvalue weighted by atomic mass is 16.5. The van der Waals surface area contributed by atoms with E-state index in [1.807, 2.05) is 40.8 Å². The van der Waals surface area contributed by atoms with Crippen LogP contribution < -0.4 is 0 Å². The molecule has 0 radical (unpaired) electrons. The number of imidazole rings is 1. The fourth-order valence-corrected chi connectivity index (χ4v) is 3.33. The summed E-state index contributed by atoms with van der Waals surface area (Å²) < 4.78 is 7.68. The molecule has 6 nitrogen and oxygen atoms in total. The van der Waals surface area contributed by atoms with Crippen molar-refractivity contribution in [1.29, 1.82) is 0 Å². The molecule has 0 aromatic carbocycles. The topological polar surface area (TPSA) is 50.1 Å². The maximum atomic E-state index is 12.8. The molecular formula is C18H26N4O2. The van der Waals surface area contributed by atoms with E-state index in [1.165, 1.54) is 0 Å². The smallest absolute Gasteiger partial charge is 0.228 e. The monoisotopic (exact) mass is 330 g/mol. The van der Waals surface area contributed by atoms with E-state index >= 15 is 0 Å². The van der Waals surface area contributed by atoms with Gasteiger partial charge in [0.05, 0.1) is 25.3 Å². The van der Waals surface area contributed by atoms with Crippen LogP contribution in [0.3, 0.4) is 0 Å². The van der Waals surface area contributed by atoms with Crippen molar-refractivity contribution in [2.45, 2.75) is 13.3 Å². The molecule has 1 aliphatic heterocycles. The van der Waals surface area contributed by atoms with Gasteiger partial charge in [0.1, 0.15) is 5.65 Å². The number of amides is 1. The lowest BCUT2D eigenvalue weighted by Crippen LogP contribution is -2.39. The lowest BCUT2D eigenvalue weighted by molar-refractivity contribution is -0.131. The van der Waals surface area contributed by atoms with E-state index in [-0.39, 0.29) is 5.91 Å². The Bertz CT molecular complexity index is 710. The van der Waals surface area contributed by atoms with Crippen LogP contribution in [0.15, 0.2) is 24.5 Å². The van der Waals surface area contributed by atoms with Crippen LogP contribution in [0.2, 0.25) is 0 Å². The highest BCUT2D eigenvalue weighted by Crippen LogP contribution is 2.14. The van der Waals surface area contributed by atoms with Gasteiger partial charge in [-0.15, -0.1) is 0 Å². The summed E-state index contributed by atoms with van der Waals surface area (Å²) >= 11 is 0. The molecule has 3 heterocycles. The van der Waals surface area contributed by atoms with Crippen LogP contribution in [0.25, 0.3) is 5.65 Å². The first kappa shape index (κ1) is 16.9. The van der Waals surface area contributed by atoms with Crippen molar-refractivity contribution in [3.8, 4) is 0 Å². The predicted molar refractivity (Wildman–Crippen MR) is 93.1 cm³/mol. The number of hydrogen-bond donors (Lipinski definition) is 0. The van der Waals surface area contributed by atoms with Gasteiger partial charge in [-0.2, -0.15) is 0 Å². The van der Waals surface area contributed by atoms with Crippen LogP contribution >= 0.6 is 0 Å². The zero-order valence-corrected chi connectivity index (χ0v) is 14.7. The van der Waals surface area contributed by atoms with E-state index < -0.39 is 0 Å². The minimum atomic E-state index is 0.146. The largest absolute Gasteiger partial charge is 0.379 e. The van der Waals surface area contributed by atoms with Gasteiger partial charge in [0.15, 0.2) is 0 Å². The van der Waals surface area contributed by atoms with Gasteiger partial charge >= 0.3 is 0 Å². The number of carbonyl (C=O) groups excluding carboxylic acids is 1. The molecule has 1 amide bonds. The molecule has 24 heavy (non-hydrogen) atoms. The van der Waals surface area contributed by atoms with Gasteiger partial charge in [-0.1, -0.05) is 6.07 Å². The van der Waals surface area contributed by atoms with Crippen LogP contribution in [-0.4, -0.2) is 72.0 Å². The Morgan fingerprint density at radius 1 is 1.46 bits per heavy atom. The lowest BCUT2D eigenvalue weighted by Gasteiger charge is -2.25. The number of nitrogens with zero attached hydrogens (tertiary/aromatic N) is 4. The van der Waals surface area contributed by atoms with Crippen molar-refractivity contribution < 1.29 is 9.53 Å². The molecular weight excluding hydrogens is 304 g/mol. The third-order valence-corrected chi connectivity index (χ3v) is 4.45. The molecule has 0 saturated carbocycles. The molecule has 2 aromatic heterocycles. The van der Waals surface area contributed by atoms with Crippen LogP contribution in [-0.2, 0) is 16.0 Å². The van der Waals surface area contributed by atoms with Gasteiger partial charge in [0.2, 0.25) is 5.91 Å². The Kier molecular flexibility index (Phi) is 5.16. The molecule has 130 valence electrons. The number of fused-ring (bicyclic) bond motifs is 1. The van der Waals surface area contributed by atoms with Crippen LogP contribution in [0.4, 0.5) is 0 Å². The second-order valence-electron chi connectivity index (χ2n) is 6.85. The molecule has 0 N–H and O–H groups in total. The summed E-state index contributed by atoms with van der Waals surface area (Å²) in [4.78, 5) is 21.3. The maximum Gasteiger partial charge on any atom is 0.228 e. The quantitative estimate of drug-likeness (QED) is 0.846. The molecule has 0 unspecified atom stereocenters. The second kappa shape index (κ2) is 7.32. The highest BCUT2D eigenvalue weighted by Gasteiger charge is 2.23. The van der Waals surface area contributed by atoms with Crippen molar-refractivity contribution >= 4 is 11.6 Å². The highest BCUT2D eigenvalue weighted by molar-refractivity contribution is 5.78. The first-order valence-electron chi connectivity index (χ1n) is 8.46. The zero-order valence-electron chi connectivity index (χ0n) is 14.7. The zero-order chi connectivity index (χ0) is 17.1. The van der Waals surface area contributed by atoms with E-state index in [9.17, 15) is 4.79 Å². The fourth-order valence-electron chi connectivity index (χ4n) is 3.33. The Morgan fingerprint density at radius 2 is 2.29 bits per heavy atom. The molecule has 1 fully saturated rings. The maximum absolute atomic E-state index is 12.8. The van der Waals surface area contributed by atoms with Crippen molar-refractivity contribution in [3.05, 3.63) is 35.8 Å². The van der Waals surface area contributed by atoms with E-state index in [4.69, 9.17) is 4.74 Å². The fraction of sp³-hybridized carbons (Fsp3) is 0.556. The summed E-state index contributed by atoms with van der Waals surface area (Å²) in [6.07, 6.45) is 4.16. The minimum absolute atomic E-state index is 0.146. The normalized spacial score (nSPS) is 19.0. The lowest BCUT2D eigenvalue weighted by atomic mass is 10.1. The second-order valence-corrected chi connectivity index (χ2v) is 6.85. The first-order valence-corrected chi connectivity index (χ1v) is 8.46. The number of aromatic nitrogens is 2. The van der Waals surface area contributed by atoms with E-state index in [0.717, 1.165) is 36.6 Å². The third-order valence-electron chi connectivity index (χ3n) is 4.45. The first-order chi connectivity index (χ1) is 11.5. The number of ether oxygens (including phenoxy) is 1. The molecule has 0 bridgehead atoms. The molecule has 1 saturated heterocycles. The van der Waals surface area contributed by atoms with Gasteiger partial charge in [-0.3, -0.25) is 4.79 Å². The molecule has 0 aliphatic carbocycles. The van der Waals surface area contributed by atoms with Crippen molar-refractivity contribution in [2.75, 3.05) is 46.9 Å². The summed E-state index contributed by atoms with van der Waals surface area (Å²) in [6.45, 7) is 5.72. The van der Waals surface area contributed by atoms with Crippen LogP contribution in [0, 0.1) is 12.8 Å². The number of hydrogen-bond acceptors (Lipinski definition) is 4. The van der Waals surface area contributed by atoms with E-state index in [2.05, 4.69) is 24.0 Å². The van der Waals surface area contributed by atoms with Crippen LogP contribution in [0.5, 0.6) is 0 Å². The number of carbonyl (C=O) groups is 1. The van der Waals surface area contributed by atoms with Crippen molar-refractivity contribution in [2.24, 2.45) is 5.92 Å². The van der Waals surface area contributed by atoms with Crippen molar-refractivity contribution in [3.63, 3.8) is 0 Å². The standard InChI is InChI=1S/C18H26N4O2/c1-14-5-4-6-22-16(10-19-18(14)22)9-17(23)21-7-8-24-13-15(12-21)11-20(2)3/h4-6,10,15H,7-9,11-13H2,1-3H3/t15-/m0/s1. The Morgan fingerprint density at radius 3 is 3.08 bits per heavy atom. The van der Waals surface area contributed by atoms with Gasteiger partial charge < -0.3 is 18.9 Å². The number of aryl methyl sites for hydroxylation is 1. The van der Waals surface area contributed by atoms with Crippen LogP contribution in [0.1, 0.15) is 11.3 Å². The molecule has 1 atom stereocenters. The summed E-state index contributed by atoms with van der Waals surface area (Å²) in [5.74, 6) is 0.503. The third kappa shape index (κ3) is 3.76. The molecule has 0 spiro atoms. The predicted octanol–water partition coefficient (Wildman–Crippen LogP) is 1.22. The summed E-state index contributed by atoms with van der Waals surface area (Å²) in [5.41, 5.74) is 2.98. The Balaban J connectivity index is 1.72. The summed E-state index contributed by atoms with van der Waals surface area (Å²) in [7, 11) is 4.11. The van der Waals surface area contributed by atoms with E-state index in [0.29, 0.717) is 25.5 Å². The molecule has 1 aliphatic rings. The number of pyridine rings is 1. The Hall–Kier alpha value is -1.92. The average Bonchev–Trinajstić information content (AvgIpc) is 2.79. The average molecular weight is 330 g/mol.